The van der Waals surface area contributed by atoms with Crippen LogP contribution in [-0.4, -0.2) is 50.9 Å². The van der Waals surface area contributed by atoms with Gasteiger partial charge >= 0.3 is 0 Å². The molecule has 0 spiro atoms. The van der Waals surface area contributed by atoms with E-state index in [1.54, 1.807) is 6.92 Å². The monoisotopic (exact) mass is 208 g/mol. The lowest BCUT2D eigenvalue weighted by atomic mass is 10.0. The molecule has 1 aliphatic rings. The molecule has 4 nitrogen and oxygen atoms in total. The maximum absolute atomic E-state index is 9.50. The Hall–Kier alpha value is 0.190. The van der Waals surface area contributed by atoms with E-state index in [2.05, 4.69) is 0 Å². The lowest BCUT2D eigenvalue weighted by Gasteiger charge is -2.38. The average Bonchev–Trinajstić information content (AvgIpc) is 2.11. The van der Waals surface area contributed by atoms with Crippen LogP contribution >= 0.6 is 11.8 Å². The molecule has 5 heteroatoms. The first-order chi connectivity index (χ1) is 6.07. The summed E-state index contributed by atoms with van der Waals surface area (Å²) in [5.41, 5.74) is -0.432. The molecular formula is C8H16O4S. The molecule has 78 valence electrons. The minimum absolute atomic E-state index is 0.428. The van der Waals surface area contributed by atoms with Gasteiger partial charge in [-0.3, -0.25) is 0 Å². The topological polar surface area (TPSA) is 69.9 Å². The van der Waals surface area contributed by atoms with Crippen molar-refractivity contribution in [2.75, 3.05) is 5.75 Å². The average molecular weight is 208 g/mol. The number of hydrogen-bond acceptors (Lipinski definition) is 5. The van der Waals surface area contributed by atoms with Crippen molar-refractivity contribution in [2.24, 2.45) is 0 Å². The van der Waals surface area contributed by atoms with Crippen molar-refractivity contribution in [1.29, 1.82) is 0 Å². The summed E-state index contributed by atoms with van der Waals surface area (Å²) >= 11 is 1.43. The van der Waals surface area contributed by atoms with Crippen LogP contribution in [0.3, 0.4) is 0 Å². The van der Waals surface area contributed by atoms with Gasteiger partial charge in [-0.15, -0.1) is 11.8 Å². The van der Waals surface area contributed by atoms with Crippen molar-refractivity contribution < 1.29 is 20.1 Å². The first-order valence-corrected chi connectivity index (χ1v) is 5.44. The number of thioether (sulfide) groups is 1. The van der Waals surface area contributed by atoms with Crippen molar-refractivity contribution in [3.8, 4) is 0 Å². The molecule has 0 aromatic carbocycles. The van der Waals surface area contributed by atoms with Crippen LogP contribution in [0.1, 0.15) is 13.8 Å². The van der Waals surface area contributed by atoms with Gasteiger partial charge in [-0.2, -0.15) is 0 Å². The summed E-state index contributed by atoms with van der Waals surface area (Å²) in [5, 5.41) is 28.3. The van der Waals surface area contributed by atoms with Crippen molar-refractivity contribution >= 4 is 11.8 Å². The van der Waals surface area contributed by atoms with E-state index in [4.69, 9.17) is 4.74 Å². The molecule has 0 aromatic rings. The second kappa shape index (κ2) is 4.61. The van der Waals surface area contributed by atoms with Gasteiger partial charge in [0.25, 0.3) is 0 Å². The summed E-state index contributed by atoms with van der Waals surface area (Å²) in [6, 6.07) is 0. The highest BCUT2D eigenvalue weighted by Crippen LogP contribution is 2.27. The Kier molecular flexibility index (Phi) is 4.00. The van der Waals surface area contributed by atoms with Crippen LogP contribution in [0.25, 0.3) is 0 Å². The second-order valence-electron chi connectivity index (χ2n) is 3.14. The molecular weight excluding hydrogens is 192 g/mol. The molecule has 1 saturated heterocycles. The fourth-order valence-corrected chi connectivity index (χ4v) is 2.26. The maximum atomic E-state index is 9.50. The molecule has 0 bridgehead atoms. The Morgan fingerprint density at radius 2 is 1.77 bits per heavy atom. The minimum Gasteiger partial charge on any atom is -0.388 e. The van der Waals surface area contributed by atoms with Gasteiger partial charge in [0.2, 0.25) is 0 Å². The Balaban J connectivity index is 2.59. The van der Waals surface area contributed by atoms with Crippen molar-refractivity contribution in [2.45, 2.75) is 43.7 Å². The fraction of sp³-hybridized carbons (Fsp3) is 1.00. The highest BCUT2D eigenvalue weighted by molar-refractivity contribution is 7.99. The molecule has 5 atom stereocenters. The summed E-state index contributed by atoms with van der Waals surface area (Å²) in [7, 11) is 0. The van der Waals surface area contributed by atoms with Crippen LogP contribution in [-0.2, 0) is 4.74 Å². The van der Waals surface area contributed by atoms with Gasteiger partial charge in [0, 0.05) is 0 Å². The standard InChI is InChI=1S/C8H16O4S/c1-3-13-8-7(11)6(10)5(9)4(2)12-8/h4-11H,3H2,1-2H3/t4-,5+,6+,7-,8-/m0/s1. The third-order valence-electron chi connectivity index (χ3n) is 2.14. The van der Waals surface area contributed by atoms with Crippen LogP contribution in [0, 0.1) is 0 Å². The largest absolute Gasteiger partial charge is 0.388 e. The van der Waals surface area contributed by atoms with Gasteiger partial charge in [-0.25, -0.2) is 0 Å². The molecule has 0 amide bonds. The fourth-order valence-electron chi connectivity index (χ4n) is 1.32. The van der Waals surface area contributed by atoms with E-state index in [1.165, 1.54) is 11.8 Å². The Morgan fingerprint density at radius 3 is 2.31 bits per heavy atom. The summed E-state index contributed by atoms with van der Waals surface area (Å²) < 4.78 is 5.32. The van der Waals surface area contributed by atoms with Gasteiger partial charge in [0.1, 0.15) is 23.7 Å². The summed E-state index contributed by atoms with van der Waals surface area (Å²) in [6.07, 6.45) is -3.53. The highest BCUT2D eigenvalue weighted by Gasteiger charge is 2.41. The number of rotatable bonds is 2. The normalized spacial score (nSPS) is 46.4. The Morgan fingerprint density at radius 1 is 1.15 bits per heavy atom. The lowest BCUT2D eigenvalue weighted by molar-refractivity contribution is -0.192. The Labute approximate surface area is 81.9 Å². The third kappa shape index (κ3) is 2.35. The molecule has 0 aromatic heterocycles. The minimum atomic E-state index is -1.10. The summed E-state index contributed by atoms with van der Waals surface area (Å²) in [5.74, 6) is 0.803. The Bertz CT molecular complexity index is 166. The molecule has 1 aliphatic heterocycles. The third-order valence-corrected chi connectivity index (χ3v) is 3.19. The second-order valence-corrected chi connectivity index (χ2v) is 4.51. The zero-order valence-electron chi connectivity index (χ0n) is 7.75. The summed E-state index contributed by atoms with van der Waals surface area (Å²) in [6.45, 7) is 3.63. The van der Waals surface area contributed by atoms with Crippen LogP contribution in [0.4, 0.5) is 0 Å². The predicted molar refractivity (Wildman–Crippen MR) is 50.5 cm³/mol. The van der Waals surface area contributed by atoms with Crippen molar-refractivity contribution in [1.82, 2.24) is 0 Å². The number of hydrogen-bond donors (Lipinski definition) is 3. The zero-order valence-corrected chi connectivity index (χ0v) is 8.57. The molecule has 1 fully saturated rings. The van der Waals surface area contributed by atoms with Crippen molar-refractivity contribution in [3.63, 3.8) is 0 Å². The first-order valence-electron chi connectivity index (χ1n) is 4.39. The predicted octanol–water partition coefficient (Wildman–Crippen LogP) is -0.433. The molecule has 0 saturated carbocycles. The molecule has 0 unspecified atom stereocenters. The number of aliphatic hydroxyl groups excluding tert-OH is 3. The van der Waals surface area contributed by atoms with Gasteiger partial charge in [-0.1, -0.05) is 6.92 Å². The van der Waals surface area contributed by atoms with E-state index in [-0.39, 0.29) is 0 Å². The molecule has 0 radical (unpaired) electrons. The SMILES string of the molecule is CCS[C@@H]1O[C@@H](C)[C@@H](O)[C@@H](O)[C@@H]1O. The zero-order chi connectivity index (χ0) is 10.0. The first kappa shape index (κ1) is 11.3. The van der Waals surface area contributed by atoms with E-state index >= 15 is 0 Å². The number of ether oxygens (including phenoxy) is 1. The smallest absolute Gasteiger partial charge is 0.132 e. The maximum Gasteiger partial charge on any atom is 0.132 e. The molecule has 1 rings (SSSR count). The molecule has 1 heterocycles. The van der Waals surface area contributed by atoms with E-state index in [9.17, 15) is 15.3 Å². The van der Waals surface area contributed by atoms with Gasteiger partial charge in [-0.05, 0) is 12.7 Å². The van der Waals surface area contributed by atoms with E-state index in [0.717, 1.165) is 5.75 Å². The van der Waals surface area contributed by atoms with Crippen molar-refractivity contribution in [3.05, 3.63) is 0 Å². The molecule has 13 heavy (non-hydrogen) atoms. The summed E-state index contributed by atoms with van der Waals surface area (Å²) in [4.78, 5) is 0. The molecule has 3 N–H and O–H groups in total. The van der Waals surface area contributed by atoms with E-state index in [1.807, 2.05) is 6.92 Å². The van der Waals surface area contributed by atoms with Gasteiger partial charge < -0.3 is 20.1 Å². The van der Waals surface area contributed by atoms with Crippen LogP contribution in [0.2, 0.25) is 0 Å². The highest BCUT2D eigenvalue weighted by atomic mass is 32.2. The van der Waals surface area contributed by atoms with E-state index < -0.39 is 29.9 Å². The van der Waals surface area contributed by atoms with Crippen LogP contribution in [0.15, 0.2) is 0 Å². The number of aliphatic hydroxyl groups is 3. The molecule has 0 aliphatic carbocycles. The lowest BCUT2D eigenvalue weighted by Crippen LogP contribution is -2.55. The van der Waals surface area contributed by atoms with E-state index in [0.29, 0.717) is 0 Å². The quantitative estimate of drug-likeness (QED) is 0.574. The van der Waals surface area contributed by atoms with Crippen LogP contribution < -0.4 is 0 Å². The van der Waals surface area contributed by atoms with Gasteiger partial charge in [0.05, 0.1) is 6.10 Å². The van der Waals surface area contributed by atoms with Crippen LogP contribution in [0.5, 0.6) is 0 Å². The van der Waals surface area contributed by atoms with Gasteiger partial charge in [0.15, 0.2) is 0 Å².